The normalized spacial score (nSPS) is 20.9. The van der Waals surface area contributed by atoms with E-state index in [1.165, 1.54) is 36.6 Å². The zero-order valence-electron chi connectivity index (χ0n) is 15.5. The maximum atomic E-state index is 5.21. The van der Waals surface area contributed by atoms with Crippen LogP contribution in [0, 0.1) is 0 Å². The van der Waals surface area contributed by atoms with E-state index in [-0.39, 0.29) is 0 Å². The first-order valence-corrected chi connectivity index (χ1v) is 9.41. The first kappa shape index (κ1) is 17.2. The van der Waals surface area contributed by atoms with Crippen LogP contribution in [-0.4, -0.2) is 58.4 Å². The van der Waals surface area contributed by atoms with E-state index >= 15 is 0 Å². The molecule has 0 spiro atoms. The molecule has 6 nitrogen and oxygen atoms in total. The molecule has 0 aromatic carbocycles. The Balaban J connectivity index is 1.49. The number of ether oxygens (including phenoxy) is 1. The lowest BCUT2D eigenvalue weighted by Gasteiger charge is -2.34. The van der Waals surface area contributed by atoms with E-state index in [2.05, 4.69) is 44.4 Å². The molecule has 138 valence electrons. The third-order valence-corrected chi connectivity index (χ3v) is 5.80. The number of rotatable bonds is 6. The molecule has 3 aromatic heterocycles. The molecule has 26 heavy (non-hydrogen) atoms. The summed E-state index contributed by atoms with van der Waals surface area (Å²) in [5.41, 5.74) is 4.56. The van der Waals surface area contributed by atoms with Crippen molar-refractivity contribution in [2.24, 2.45) is 0 Å². The predicted molar refractivity (Wildman–Crippen MR) is 103 cm³/mol. The summed E-state index contributed by atoms with van der Waals surface area (Å²) in [6.45, 7) is 1.82. The molecule has 0 saturated heterocycles. The lowest BCUT2D eigenvalue weighted by Crippen LogP contribution is -2.36. The highest BCUT2D eigenvalue weighted by Crippen LogP contribution is 2.36. The Hall–Kier alpha value is -2.18. The second-order valence-corrected chi connectivity index (χ2v) is 7.33. The minimum Gasteiger partial charge on any atom is -0.383 e. The smallest absolute Gasteiger partial charge is 0.137 e. The number of fused-ring (bicyclic) bond motifs is 1. The molecule has 1 aliphatic rings. The van der Waals surface area contributed by atoms with Crippen LogP contribution >= 0.6 is 0 Å². The molecule has 3 aromatic rings. The number of aromatic nitrogens is 4. The molecule has 1 saturated carbocycles. The van der Waals surface area contributed by atoms with Gasteiger partial charge in [0.15, 0.2) is 0 Å². The van der Waals surface area contributed by atoms with Crippen molar-refractivity contribution in [3.8, 4) is 11.1 Å². The van der Waals surface area contributed by atoms with E-state index in [9.17, 15) is 0 Å². The third kappa shape index (κ3) is 3.39. The topological polar surface area (TPSA) is 69.8 Å². The van der Waals surface area contributed by atoms with Gasteiger partial charge in [-0.3, -0.25) is 5.10 Å². The first-order chi connectivity index (χ1) is 12.8. The van der Waals surface area contributed by atoms with Crippen molar-refractivity contribution in [3.05, 3.63) is 36.4 Å². The number of hydrogen-bond donors (Lipinski definition) is 2. The fourth-order valence-corrected chi connectivity index (χ4v) is 4.15. The Morgan fingerprint density at radius 3 is 2.77 bits per heavy atom. The number of hydrogen-bond acceptors (Lipinski definition) is 4. The van der Waals surface area contributed by atoms with Crippen LogP contribution in [0.4, 0.5) is 0 Å². The van der Waals surface area contributed by atoms with Crippen LogP contribution in [-0.2, 0) is 4.74 Å². The van der Waals surface area contributed by atoms with E-state index in [1.807, 2.05) is 18.6 Å². The number of likely N-dealkylation sites (N-methyl/N-ethyl adjacent to an activating group) is 1. The number of pyridine rings is 1. The van der Waals surface area contributed by atoms with Gasteiger partial charge in [-0.05, 0) is 50.3 Å². The highest BCUT2D eigenvalue weighted by Gasteiger charge is 2.25. The fourth-order valence-electron chi connectivity index (χ4n) is 4.15. The van der Waals surface area contributed by atoms with Crippen LogP contribution in [0.3, 0.4) is 0 Å². The molecule has 0 bridgehead atoms. The molecular formula is C20H27N5O. The van der Waals surface area contributed by atoms with Gasteiger partial charge >= 0.3 is 0 Å². The second kappa shape index (κ2) is 7.60. The van der Waals surface area contributed by atoms with Crippen molar-refractivity contribution >= 4 is 11.0 Å². The minimum atomic E-state index is 0.603. The van der Waals surface area contributed by atoms with Gasteiger partial charge < -0.3 is 14.6 Å². The van der Waals surface area contributed by atoms with E-state index < -0.39 is 0 Å². The maximum Gasteiger partial charge on any atom is 0.137 e. The highest BCUT2D eigenvalue weighted by atomic mass is 16.5. The fraction of sp³-hybridized carbons (Fsp3) is 0.500. The number of nitrogens with zero attached hydrogens (tertiary/aromatic N) is 3. The van der Waals surface area contributed by atoms with E-state index in [0.717, 1.165) is 29.9 Å². The molecule has 0 atom stereocenters. The van der Waals surface area contributed by atoms with Gasteiger partial charge in [-0.2, -0.15) is 5.10 Å². The monoisotopic (exact) mass is 353 g/mol. The van der Waals surface area contributed by atoms with Crippen molar-refractivity contribution < 1.29 is 4.74 Å². The Bertz CT molecular complexity index is 833. The standard InChI is InChI=1S/C20H27N5O/c1-25(7-8-26-2)17-5-3-14(4-6-17)15-9-18-19(16-11-23-24-12-16)13-22-20(18)21-10-15/h9-14,17H,3-8H2,1-2H3,(H,21,22)(H,23,24). The number of H-pyrrole nitrogens is 2. The van der Waals surface area contributed by atoms with Gasteiger partial charge in [-0.1, -0.05) is 0 Å². The van der Waals surface area contributed by atoms with Gasteiger partial charge in [-0.25, -0.2) is 4.98 Å². The summed E-state index contributed by atoms with van der Waals surface area (Å²) in [6, 6.07) is 2.99. The molecule has 6 heteroatoms. The zero-order chi connectivity index (χ0) is 17.9. The van der Waals surface area contributed by atoms with Crippen LogP contribution in [0.5, 0.6) is 0 Å². The van der Waals surface area contributed by atoms with Crippen molar-refractivity contribution in [2.45, 2.75) is 37.6 Å². The quantitative estimate of drug-likeness (QED) is 0.711. The van der Waals surface area contributed by atoms with Crippen molar-refractivity contribution in [3.63, 3.8) is 0 Å². The Morgan fingerprint density at radius 1 is 1.19 bits per heavy atom. The number of nitrogens with one attached hydrogen (secondary N) is 2. The zero-order valence-corrected chi connectivity index (χ0v) is 15.5. The van der Waals surface area contributed by atoms with Gasteiger partial charge in [0.25, 0.3) is 0 Å². The minimum absolute atomic E-state index is 0.603. The molecule has 0 radical (unpaired) electrons. The average molecular weight is 353 g/mol. The van der Waals surface area contributed by atoms with Crippen LogP contribution in [0.15, 0.2) is 30.9 Å². The molecule has 0 aliphatic heterocycles. The first-order valence-electron chi connectivity index (χ1n) is 9.41. The molecular weight excluding hydrogens is 326 g/mol. The lowest BCUT2D eigenvalue weighted by molar-refractivity contribution is 0.120. The second-order valence-electron chi connectivity index (χ2n) is 7.33. The summed E-state index contributed by atoms with van der Waals surface area (Å²) in [5.74, 6) is 0.603. The van der Waals surface area contributed by atoms with Crippen molar-refractivity contribution in [1.82, 2.24) is 25.1 Å². The summed E-state index contributed by atoms with van der Waals surface area (Å²) in [4.78, 5) is 10.4. The molecule has 1 fully saturated rings. The van der Waals surface area contributed by atoms with Gasteiger partial charge in [0.05, 0.1) is 12.8 Å². The van der Waals surface area contributed by atoms with Gasteiger partial charge in [0.1, 0.15) is 5.65 Å². The van der Waals surface area contributed by atoms with Crippen LogP contribution in [0.1, 0.15) is 37.2 Å². The predicted octanol–water partition coefficient (Wildman–Crippen LogP) is 3.56. The largest absolute Gasteiger partial charge is 0.383 e. The van der Waals surface area contributed by atoms with E-state index in [1.54, 1.807) is 7.11 Å². The SMILES string of the molecule is COCCN(C)C1CCC(c2cnc3[nH]cc(-c4cn[nH]c4)c3c2)CC1. The van der Waals surface area contributed by atoms with Crippen molar-refractivity contribution in [1.29, 1.82) is 0 Å². The molecule has 2 N–H and O–H groups in total. The molecule has 1 aliphatic carbocycles. The van der Waals surface area contributed by atoms with Crippen LogP contribution < -0.4 is 0 Å². The summed E-state index contributed by atoms with van der Waals surface area (Å²) in [7, 11) is 3.99. The summed E-state index contributed by atoms with van der Waals surface area (Å²) in [6.07, 6.45) is 12.8. The molecule has 0 unspecified atom stereocenters. The van der Waals surface area contributed by atoms with Crippen LogP contribution in [0.2, 0.25) is 0 Å². The van der Waals surface area contributed by atoms with Gasteiger partial charge in [-0.15, -0.1) is 0 Å². The lowest BCUT2D eigenvalue weighted by atomic mass is 9.81. The Morgan fingerprint density at radius 2 is 2.04 bits per heavy atom. The van der Waals surface area contributed by atoms with Gasteiger partial charge in [0, 0.05) is 54.8 Å². The Kier molecular flexibility index (Phi) is 5.04. The van der Waals surface area contributed by atoms with Gasteiger partial charge in [0.2, 0.25) is 0 Å². The van der Waals surface area contributed by atoms with Crippen molar-refractivity contribution in [2.75, 3.05) is 27.3 Å². The van der Waals surface area contributed by atoms with Crippen LogP contribution in [0.25, 0.3) is 22.2 Å². The molecule has 0 amide bonds. The number of aromatic amines is 2. The van der Waals surface area contributed by atoms with E-state index in [4.69, 9.17) is 4.74 Å². The molecule has 3 heterocycles. The Labute approximate surface area is 154 Å². The van der Waals surface area contributed by atoms with E-state index in [0.29, 0.717) is 12.0 Å². The summed E-state index contributed by atoms with van der Waals surface area (Å²) in [5, 5.41) is 8.15. The average Bonchev–Trinajstić information content (AvgIpc) is 3.35. The third-order valence-electron chi connectivity index (χ3n) is 5.80. The highest BCUT2D eigenvalue weighted by molar-refractivity contribution is 5.93. The molecule has 4 rings (SSSR count). The maximum absolute atomic E-state index is 5.21. The number of methoxy groups -OCH3 is 1. The summed E-state index contributed by atoms with van der Waals surface area (Å²) >= 11 is 0. The summed E-state index contributed by atoms with van der Waals surface area (Å²) < 4.78 is 5.21.